The Morgan fingerprint density at radius 3 is 2.24 bits per heavy atom. The number of hydrogen-bond acceptors (Lipinski definition) is 2. The SMILES string of the molecule is CCCN(C1CC1)C(C)C(C)CNCC(C)C. The molecule has 0 amide bonds. The fourth-order valence-corrected chi connectivity index (χ4v) is 2.48. The lowest BCUT2D eigenvalue weighted by molar-refractivity contribution is 0.150. The maximum atomic E-state index is 3.60. The molecular formula is C15H32N2. The topological polar surface area (TPSA) is 15.3 Å². The van der Waals surface area contributed by atoms with Crippen molar-refractivity contribution in [1.82, 2.24) is 10.2 Å². The first-order valence-corrected chi connectivity index (χ1v) is 7.52. The summed E-state index contributed by atoms with van der Waals surface area (Å²) >= 11 is 0. The third-order valence-corrected chi connectivity index (χ3v) is 3.86. The summed E-state index contributed by atoms with van der Waals surface area (Å²) in [6, 6.07) is 1.62. The van der Waals surface area contributed by atoms with E-state index in [1.807, 2.05) is 0 Å². The summed E-state index contributed by atoms with van der Waals surface area (Å²) in [6.07, 6.45) is 4.14. The molecule has 1 aliphatic rings. The molecule has 1 aliphatic carbocycles. The van der Waals surface area contributed by atoms with Crippen LogP contribution < -0.4 is 5.32 Å². The molecule has 1 rings (SSSR count). The minimum atomic E-state index is 0.724. The summed E-state index contributed by atoms with van der Waals surface area (Å²) in [7, 11) is 0. The van der Waals surface area contributed by atoms with Gasteiger partial charge in [0.15, 0.2) is 0 Å². The number of hydrogen-bond donors (Lipinski definition) is 1. The van der Waals surface area contributed by atoms with Crippen molar-refractivity contribution >= 4 is 0 Å². The second-order valence-electron chi connectivity index (χ2n) is 6.24. The van der Waals surface area contributed by atoms with Crippen molar-refractivity contribution in [3.63, 3.8) is 0 Å². The molecule has 1 fully saturated rings. The average molecular weight is 240 g/mol. The second-order valence-corrected chi connectivity index (χ2v) is 6.24. The monoisotopic (exact) mass is 240 g/mol. The molecule has 0 radical (unpaired) electrons. The van der Waals surface area contributed by atoms with E-state index in [2.05, 4.69) is 44.8 Å². The van der Waals surface area contributed by atoms with Gasteiger partial charge in [-0.15, -0.1) is 0 Å². The van der Waals surface area contributed by atoms with Crippen LogP contribution in [0.2, 0.25) is 0 Å². The van der Waals surface area contributed by atoms with Crippen LogP contribution in [0.3, 0.4) is 0 Å². The molecule has 0 heterocycles. The van der Waals surface area contributed by atoms with E-state index in [-0.39, 0.29) is 0 Å². The van der Waals surface area contributed by atoms with Gasteiger partial charge in [0.1, 0.15) is 0 Å². The van der Waals surface area contributed by atoms with E-state index < -0.39 is 0 Å². The third kappa shape index (κ3) is 5.39. The lowest BCUT2D eigenvalue weighted by atomic mass is 10.0. The summed E-state index contributed by atoms with van der Waals surface area (Å²) in [5.41, 5.74) is 0. The first-order valence-electron chi connectivity index (χ1n) is 7.52. The van der Waals surface area contributed by atoms with Gasteiger partial charge in [0.25, 0.3) is 0 Å². The van der Waals surface area contributed by atoms with E-state index in [1.54, 1.807) is 0 Å². The van der Waals surface area contributed by atoms with Gasteiger partial charge in [-0.3, -0.25) is 4.90 Å². The zero-order valence-corrected chi connectivity index (χ0v) is 12.5. The maximum Gasteiger partial charge on any atom is 0.0108 e. The molecule has 0 aromatic rings. The number of nitrogens with one attached hydrogen (secondary N) is 1. The van der Waals surface area contributed by atoms with E-state index in [0.717, 1.165) is 37.0 Å². The smallest absolute Gasteiger partial charge is 0.0108 e. The van der Waals surface area contributed by atoms with Crippen LogP contribution in [-0.4, -0.2) is 36.6 Å². The van der Waals surface area contributed by atoms with Crippen molar-refractivity contribution in [3.8, 4) is 0 Å². The van der Waals surface area contributed by atoms with Crippen LogP contribution in [-0.2, 0) is 0 Å². The maximum absolute atomic E-state index is 3.60. The fourth-order valence-electron chi connectivity index (χ4n) is 2.48. The van der Waals surface area contributed by atoms with Gasteiger partial charge in [0.05, 0.1) is 0 Å². The highest BCUT2D eigenvalue weighted by molar-refractivity contribution is 4.89. The van der Waals surface area contributed by atoms with Gasteiger partial charge in [-0.1, -0.05) is 27.7 Å². The summed E-state index contributed by atoms with van der Waals surface area (Å²) in [5, 5.41) is 3.60. The molecular weight excluding hydrogens is 208 g/mol. The molecule has 0 aliphatic heterocycles. The lowest BCUT2D eigenvalue weighted by Crippen LogP contribution is -2.43. The molecule has 1 saturated carbocycles. The zero-order chi connectivity index (χ0) is 12.8. The van der Waals surface area contributed by atoms with Gasteiger partial charge in [0.2, 0.25) is 0 Å². The van der Waals surface area contributed by atoms with Gasteiger partial charge >= 0.3 is 0 Å². The number of rotatable bonds is 9. The van der Waals surface area contributed by atoms with E-state index in [4.69, 9.17) is 0 Å². The van der Waals surface area contributed by atoms with E-state index in [9.17, 15) is 0 Å². The van der Waals surface area contributed by atoms with Crippen molar-refractivity contribution < 1.29 is 0 Å². The quantitative estimate of drug-likeness (QED) is 0.666. The number of nitrogens with zero attached hydrogens (tertiary/aromatic N) is 1. The standard InChI is InChI=1S/C15H32N2/c1-6-9-17(15-7-8-15)14(5)13(4)11-16-10-12(2)3/h12-16H,6-11H2,1-5H3. The van der Waals surface area contributed by atoms with Crippen LogP contribution in [0.15, 0.2) is 0 Å². The van der Waals surface area contributed by atoms with Gasteiger partial charge in [-0.2, -0.15) is 0 Å². The summed E-state index contributed by atoms with van der Waals surface area (Å²) in [4.78, 5) is 2.74. The molecule has 17 heavy (non-hydrogen) atoms. The van der Waals surface area contributed by atoms with Crippen LogP contribution in [0.25, 0.3) is 0 Å². The van der Waals surface area contributed by atoms with Crippen molar-refractivity contribution in [2.45, 2.75) is 66.0 Å². The van der Waals surface area contributed by atoms with Crippen LogP contribution in [0, 0.1) is 11.8 Å². The minimum absolute atomic E-state index is 0.724. The van der Waals surface area contributed by atoms with Crippen LogP contribution in [0.5, 0.6) is 0 Å². The summed E-state index contributed by atoms with van der Waals surface area (Å²) in [5.74, 6) is 1.51. The Balaban J connectivity index is 2.29. The molecule has 0 spiro atoms. The third-order valence-electron chi connectivity index (χ3n) is 3.86. The fraction of sp³-hybridized carbons (Fsp3) is 1.00. The van der Waals surface area contributed by atoms with Crippen molar-refractivity contribution in [2.75, 3.05) is 19.6 Å². The first kappa shape index (κ1) is 15.0. The molecule has 1 N–H and O–H groups in total. The van der Waals surface area contributed by atoms with E-state index >= 15 is 0 Å². The molecule has 0 bridgehead atoms. The Hall–Kier alpha value is -0.0800. The Kier molecular flexibility index (Phi) is 6.50. The highest BCUT2D eigenvalue weighted by atomic mass is 15.2. The van der Waals surface area contributed by atoms with Crippen molar-refractivity contribution in [3.05, 3.63) is 0 Å². The molecule has 2 nitrogen and oxygen atoms in total. The molecule has 0 aromatic carbocycles. The molecule has 102 valence electrons. The molecule has 2 atom stereocenters. The molecule has 2 heteroatoms. The second kappa shape index (κ2) is 7.38. The van der Waals surface area contributed by atoms with E-state index in [1.165, 1.54) is 25.8 Å². The first-order chi connectivity index (χ1) is 8.06. The van der Waals surface area contributed by atoms with Gasteiger partial charge in [-0.05, 0) is 57.7 Å². The van der Waals surface area contributed by atoms with Gasteiger partial charge in [-0.25, -0.2) is 0 Å². The highest BCUT2D eigenvalue weighted by Gasteiger charge is 2.33. The predicted octanol–water partition coefficient (Wildman–Crippen LogP) is 3.13. The molecule has 0 saturated heterocycles. The Morgan fingerprint density at radius 1 is 1.12 bits per heavy atom. The lowest BCUT2D eigenvalue weighted by Gasteiger charge is -2.33. The van der Waals surface area contributed by atoms with Gasteiger partial charge in [0, 0.05) is 12.1 Å². The average Bonchev–Trinajstić information content (AvgIpc) is 3.08. The van der Waals surface area contributed by atoms with Gasteiger partial charge < -0.3 is 5.32 Å². The van der Waals surface area contributed by atoms with Crippen LogP contribution >= 0.6 is 0 Å². The van der Waals surface area contributed by atoms with E-state index in [0.29, 0.717) is 0 Å². The predicted molar refractivity (Wildman–Crippen MR) is 76.4 cm³/mol. The van der Waals surface area contributed by atoms with Crippen LogP contribution in [0.1, 0.15) is 53.9 Å². The highest BCUT2D eigenvalue weighted by Crippen LogP contribution is 2.30. The normalized spacial score (nSPS) is 19.9. The summed E-state index contributed by atoms with van der Waals surface area (Å²) < 4.78 is 0. The van der Waals surface area contributed by atoms with Crippen molar-refractivity contribution in [1.29, 1.82) is 0 Å². The van der Waals surface area contributed by atoms with Crippen LogP contribution in [0.4, 0.5) is 0 Å². The Bertz CT molecular complexity index is 199. The molecule has 2 unspecified atom stereocenters. The minimum Gasteiger partial charge on any atom is -0.316 e. The Morgan fingerprint density at radius 2 is 1.76 bits per heavy atom. The summed E-state index contributed by atoms with van der Waals surface area (Å²) in [6.45, 7) is 15.2. The largest absolute Gasteiger partial charge is 0.316 e. The van der Waals surface area contributed by atoms with Crippen molar-refractivity contribution in [2.24, 2.45) is 11.8 Å². The Labute approximate surface area is 108 Å². The molecule has 0 aromatic heterocycles. The zero-order valence-electron chi connectivity index (χ0n) is 12.5.